The quantitative estimate of drug-likeness (QED) is 0.149. The fraction of sp³-hybridized carbons (Fsp3) is 0.429. The van der Waals surface area contributed by atoms with Gasteiger partial charge in [0.05, 0.1) is 50.3 Å². The number of thiophene rings is 5. The lowest BCUT2D eigenvalue weighted by molar-refractivity contribution is 0.597. The van der Waals surface area contributed by atoms with Crippen LogP contribution in [-0.4, -0.2) is 9.13 Å². The van der Waals surface area contributed by atoms with Crippen molar-refractivity contribution in [2.24, 2.45) is 0 Å². The number of unbranched alkanes of at least 4 members (excludes halogenated alkanes) is 6. The zero-order valence-electron chi connectivity index (χ0n) is 20.3. The van der Waals surface area contributed by atoms with E-state index < -0.39 is 0 Å². The van der Waals surface area contributed by atoms with Crippen molar-refractivity contribution in [3.05, 3.63) is 22.9 Å². The Kier molecular flexibility index (Phi) is 5.97. The smallest absolute Gasteiger partial charge is 0.0858 e. The fourth-order valence-corrected chi connectivity index (χ4v) is 12.0. The van der Waals surface area contributed by atoms with Crippen molar-refractivity contribution in [2.75, 3.05) is 0 Å². The molecule has 0 N–H and O–H groups in total. The molecule has 0 saturated heterocycles. The van der Waals surface area contributed by atoms with Gasteiger partial charge < -0.3 is 9.13 Å². The van der Waals surface area contributed by atoms with Crippen LogP contribution in [0.5, 0.6) is 0 Å². The van der Waals surface area contributed by atoms with E-state index in [1.807, 2.05) is 45.3 Å². The standard InChI is InChI=1S/C28H30N2S5/c1-3-5-7-9-13-29-19-20-26(35-25(19)27-21(29)23-17(33-27)11-15-31-23)28-22(24-18(34-28)12-16-32-24)30(20)14-10-8-6-4-2/h11-12,15-16H,3-10,13-14H2,1-2H3. The number of aryl methyl sites for hydroxylation is 2. The molecule has 0 aliphatic rings. The second-order valence-electron chi connectivity index (χ2n) is 9.67. The van der Waals surface area contributed by atoms with E-state index in [-0.39, 0.29) is 0 Å². The molecule has 0 amide bonds. The maximum absolute atomic E-state index is 2.74. The van der Waals surface area contributed by atoms with Crippen LogP contribution in [0.15, 0.2) is 22.9 Å². The summed E-state index contributed by atoms with van der Waals surface area (Å²) in [6, 6.07) is 4.65. The van der Waals surface area contributed by atoms with Gasteiger partial charge in [0.15, 0.2) is 0 Å². The van der Waals surface area contributed by atoms with Gasteiger partial charge in [0.1, 0.15) is 0 Å². The molecule has 7 rings (SSSR count). The van der Waals surface area contributed by atoms with Crippen LogP contribution >= 0.6 is 56.7 Å². The van der Waals surface area contributed by atoms with Crippen molar-refractivity contribution in [3.63, 3.8) is 0 Å². The van der Waals surface area contributed by atoms with Gasteiger partial charge in [-0.05, 0) is 35.7 Å². The molecule has 0 unspecified atom stereocenters. The summed E-state index contributed by atoms with van der Waals surface area (Å²) in [5, 5.41) is 4.55. The van der Waals surface area contributed by atoms with Crippen LogP contribution in [0.3, 0.4) is 0 Å². The van der Waals surface area contributed by atoms with E-state index in [9.17, 15) is 0 Å². The molecule has 0 aliphatic heterocycles. The highest BCUT2D eigenvalue weighted by Gasteiger charge is 2.27. The maximum Gasteiger partial charge on any atom is 0.0858 e. The lowest BCUT2D eigenvalue weighted by atomic mass is 10.2. The van der Waals surface area contributed by atoms with Gasteiger partial charge in [0, 0.05) is 22.5 Å². The summed E-state index contributed by atoms with van der Waals surface area (Å²) in [5.74, 6) is 0. The van der Waals surface area contributed by atoms with Crippen LogP contribution in [0.4, 0.5) is 0 Å². The molecule has 0 bridgehead atoms. The third-order valence-corrected chi connectivity index (χ3v) is 13.2. The SMILES string of the molecule is CCCCCCn1c2c3sccc3sc2c2sc3c4sc5ccsc5c4n(CCCCCC)c3c21. The van der Waals surface area contributed by atoms with Gasteiger partial charge in [-0.2, -0.15) is 0 Å². The molecule has 0 fully saturated rings. The number of hydrogen-bond acceptors (Lipinski definition) is 5. The van der Waals surface area contributed by atoms with E-state index >= 15 is 0 Å². The average Bonchev–Trinajstić information content (AvgIpc) is 3.66. The average molecular weight is 555 g/mol. The van der Waals surface area contributed by atoms with E-state index in [0.717, 1.165) is 13.1 Å². The largest absolute Gasteiger partial charge is 0.336 e. The molecule has 0 aliphatic carbocycles. The molecule has 7 aromatic heterocycles. The zero-order valence-corrected chi connectivity index (χ0v) is 24.4. The summed E-state index contributed by atoms with van der Waals surface area (Å²) in [6.45, 7) is 6.90. The number of aromatic nitrogens is 2. The highest BCUT2D eigenvalue weighted by molar-refractivity contribution is 7.39. The predicted octanol–water partition coefficient (Wildman–Crippen LogP) is 11.7. The Balaban J connectivity index is 1.52. The monoisotopic (exact) mass is 554 g/mol. The van der Waals surface area contributed by atoms with Gasteiger partial charge in [-0.15, -0.1) is 56.7 Å². The summed E-state index contributed by atoms with van der Waals surface area (Å²) in [5.41, 5.74) is 6.09. The van der Waals surface area contributed by atoms with E-state index in [4.69, 9.17) is 0 Å². The van der Waals surface area contributed by atoms with Crippen molar-refractivity contribution in [2.45, 2.75) is 78.3 Å². The number of hydrogen-bond donors (Lipinski definition) is 0. The highest BCUT2D eigenvalue weighted by Crippen LogP contribution is 2.53. The predicted molar refractivity (Wildman–Crippen MR) is 165 cm³/mol. The van der Waals surface area contributed by atoms with Gasteiger partial charge in [0.2, 0.25) is 0 Å². The molecule has 0 spiro atoms. The van der Waals surface area contributed by atoms with Gasteiger partial charge in [0.25, 0.3) is 0 Å². The number of nitrogens with zero attached hydrogens (tertiary/aromatic N) is 2. The molecule has 35 heavy (non-hydrogen) atoms. The minimum absolute atomic E-state index is 1.14. The molecule has 0 saturated carbocycles. The Morgan fingerprint density at radius 2 is 0.971 bits per heavy atom. The van der Waals surface area contributed by atoms with Crippen LogP contribution < -0.4 is 0 Å². The molecular formula is C28H30N2S5. The number of fused-ring (bicyclic) bond motifs is 11. The van der Waals surface area contributed by atoms with E-state index in [1.165, 1.54) is 111 Å². The number of rotatable bonds is 10. The molecule has 7 aromatic rings. The topological polar surface area (TPSA) is 9.86 Å². The first kappa shape index (κ1) is 22.8. The Labute approximate surface area is 225 Å². The lowest BCUT2D eigenvalue weighted by Crippen LogP contribution is -2.01. The van der Waals surface area contributed by atoms with Crippen molar-refractivity contribution < 1.29 is 0 Å². The Bertz CT molecular complexity index is 1660. The minimum Gasteiger partial charge on any atom is -0.336 e. The summed E-state index contributed by atoms with van der Waals surface area (Å²) in [6.07, 6.45) is 10.5. The minimum atomic E-state index is 1.14. The normalized spacial score (nSPS) is 12.9. The van der Waals surface area contributed by atoms with Crippen molar-refractivity contribution in [1.82, 2.24) is 9.13 Å². The molecule has 0 radical (unpaired) electrons. The summed E-state index contributed by atoms with van der Waals surface area (Å²) < 4.78 is 17.5. The van der Waals surface area contributed by atoms with Crippen molar-refractivity contribution in [3.8, 4) is 0 Å². The van der Waals surface area contributed by atoms with E-state index in [0.29, 0.717) is 0 Å². The van der Waals surface area contributed by atoms with Crippen molar-refractivity contribution in [1.29, 1.82) is 0 Å². The first-order valence-electron chi connectivity index (χ1n) is 13.0. The third kappa shape index (κ3) is 3.42. The molecule has 2 nitrogen and oxygen atoms in total. The van der Waals surface area contributed by atoms with E-state index in [1.54, 1.807) is 0 Å². The first-order valence-corrected chi connectivity index (χ1v) is 17.2. The van der Waals surface area contributed by atoms with Gasteiger partial charge in [-0.25, -0.2) is 0 Å². The summed E-state index contributed by atoms with van der Waals surface area (Å²) >= 11 is 9.97. The Morgan fingerprint density at radius 1 is 0.514 bits per heavy atom. The molecule has 7 heterocycles. The highest BCUT2D eigenvalue weighted by atomic mass is 32.1. The van der Waals surface area contributed by atoms with Gasteiger partial charge >= 0.3 is 0 Å². The van der Waals surface area contributed by atoms with Gasteiger partial charge in [-0.1, -0.05) is 52.4 Å². The molecule has 0 aromatic carbocycles. The molecule has 0 atom stereocenters. The Hall–Kier alpha value is -1.38. The lowest BCUT2D eigenvalue weighted by Gasteiger charge is -2.10. The van der Waals surface area contributed by atoms with Crippen molar-refractivity contribution >= 4 is 116 Å². The summed E-state index contributed by atoms with van der Waals surface area (Å²) in [7, 11) is 0. The molecule has 182 valence electrons. The molecular weight excluding hydrogens is 525 g/mol. The van der Waals surface area contributed by atoms with E-state index in [2.05, 4.69) is 57.2 Å². The van der Waals surface area contributed by atoms with Crippen LogP contribution in [0, 0.1) is 0 Å². The maximum atomic E-state index is 2.74. The first-order chi connectivity index (χ1) is 17.3. The van der Waals surface area contributed by atoms with Crippen LogP contribution in [0.25, 0.3) is 59.7 Å². The second kappa shape index (κ2) is 9.18. The molecule has 7 heteroatoms. The fourth-order valence-electron chi connectivity index (χ4n) is 5.71. The Morgan fingerprint density at radius 3 is 1.43 bits per heavy atom. The zero-order chi connectivity index (χ0) is 23.5. The van der Waals surface area contributed by atoms with Crippen LogP contribution in [-0.2, 0) is 13.1 Å². The van der Waals surface area contributed by atoms with Crippen LogP contribution in [0.1, 0.15) is 65.2 Å². The summed E-state index contributed by atoms with van der Waals surface area (Å²) in [4.78, 5) is 0. The van der Waals surface area contributed by atoms with Crippen LogP contribution in [0.2, 0.25) is 0 Å². The third-order valence-electron chi connectivity index (χ3n) is 7.36. The van der Waals surface area contributed by atoms with Gasteiger partial charge in [-0.3, -0.25) is 0 Å². The second-order valence-corrected chi connectivity index (χ2v) is 14.6.